The third-order valence-corrected chi connectivity index (χ3v) is 6.05. The van der Waals surface area contributed by atoms with Gasteiger partial charge < -0.3 is 10.1 Å². The first-order valence-corrected chi connectivity index (χ1v) is 11.4. The molecule has 32 heavy (non-hydrogen) atoms. The van der Waals surface area contributed by atoms with Crippen molar-refractivity contribution in [2.45, 2.75) is 39.0 Å². The molecule has 0 saturated heterocycles. The largest absolute Gasteiger partial charge is 0.488 e. The fraction of sp³-hybridized carbons (Fsp3) is 0.214. The highest BCUT2D eigenvalue weighted by Crippen LogP contribution is 2.31. The molecule has 0 spiro atoms. The Bertz CT molecular complexity index is 1180. The first kappa shape index (κ1) is 22.3. The number of nitrogens with one attached hydrogen (secondary N) is 1. The van der Waals surface area contributed by atoms with E-state index in [2.05, 4.69) is 54.7 Å². The summed E-state index contributed by atoms with van der Waals surface area (Å²) < 4.78 is 19.6. The second-order valence-electron chi connectivity index (χ2n) is 7.92. The Morgan fingerprint density at radius 3 is 2.50 bits per heavy atom. The summed E-state index contributed by atoms with van der Waals surface area (Å²) in [6.45, 7) is 3.16. The van der Waals surface area contributed by atoms with Crippen LogP contribution in [0, 0.1) is 5.82 Å². The quantitative estimate of drug-likeness (QED) is 0.282. The van der Waals surface area contributed by atoms with Crippen LogP contribution in [-0.2, 0) is 13.2 Å². The molecule has 0 aliphatic heterocycles. The summed E-state index contributed by atoms with van der Waals surface area (Å²) in [4.78, 5) is 0. The average Bonchev–Trinajstić information content (AvgIpc) is 2.82. The predicted octanol–water partition coefficient (Wildman–Crippen LogP) is 7.84. The van der Waals surface area contributed by atoms with E-state index in [9.17, 15) is 4.39 Å². The van der Waals surface area contributed by atoms with Crippen molar-refractivity contribution in [3.63, 3.8) is 0 Å². The van der Waals surface area contributed by atoms with Crippen LogP contribution < -0.4 is 10.1 Å². The van der Waals surface area contributed by atoms with Crippen molar-refractivity contribution >= 4 is 22.4 Å². The SMILES string of the molecule is CCCC(NCc1c(OCc2ccc(F)cc2Cl)ccc2ccccc12)c1ccccc1. The molecule has 164 valence electrons. The smallest absolute Gasteiger partial charge is 0.124 e. The van der Waals surface area contributed by atoms with Gasteiger partial charge in [-0.1, -0.05) is 91.7 Å². The second-order valence-corrected chi connectivity index (χ2v) is 8.33. The number of ether oxygens (including phenoxy) is 1. The molecule has 4 heteroatoms. The molecule has 0 heterocycles. The van der Waals surface area contributed by atoms with E-state index in [1.54, 1.807) is 6.07 Å². The lowest BCUT2D eigenvalue weighted by Gasteiger charge is -2.21. The van der Waals surface area contributed by atoms with Crippen LogP contribution in [0.3, 0.4) is 0 Å². The summed E-state index contributed by atoms with van der Waals surface area (Å²) in [5.41, 5.74) is 3.15. The summed E-state index contributed by atoms with van der Waals surface area (Å²) in [6.07, 6.45) is 2.14. The van der Waals surface area contributed by atoms with E-state index < -0.39 is 0 Å². The van der Waals surface area contributed by atoms with Crippen molar-refractivity contribution in [3.8, 4) is 5.75 Å². The topological polar surface area (TPSA) is 21.3 Å². The number of hydrogen-bond acceptors (Lipinski definition) is 2. The Hall–Kier alpha value is -2.88. The van der Waals surface area contributed by atoms with Gasteiger partial charge in [0, 0.05) is 23.7 Å². The molecule has 1 unspecified atom stereocenters. The molecule has 0 radical (unpaired) electrons. The molecule has 1 N–H and O–H groups in total. The van der Waals surface area contributed by atoms with Crippen molar-refractivity contribution in [2.75, 3.05) is 0 Å². The lowest BCUT2D eigenvalue weighted by molar-refractivity contribution is 0.302. The molecule has 0 amide bonds. The first-order valence-electron chi connectivity index (χ1n) is 11.0. The summed E-state index contributed by atoms with van der Waals surface area (Å²) in [7, 11) is 0. The summed E-state index contributed by atoms with van der Waals surface area (Å²) in [5, 5.41) is 6.45. The molecule has 0 saturated carbocycles. The Labute approximate surface area is 194 Å². The summed E-state index contributed by atoms with van der Waals surface area (Å²) >= 11 is 6.20. The molecule has 0 aliphatic rings. The first-order chi connectivity index (χ1) is 15.7. The Morgan fingerprint density at radius 1 is 0.938 bits per heavy atom. The van der Waals surface area contributed by atoms with E-state index in [0.717, 1.165) is 35.1 Å². The van der Waals surface area contributed by atoms with E-state index in [4.69, 9.17) is 16.3 Å². The van der Waals surface area contributed by atoms with E-state index in [1.807, 2.05) is 24.3 Å². The van der Waals surface area contributed by atoms with E-state index in [0.29, 0.717) is 11.6 Å². The van der Waals surface area contributed by atoms with Crippen LogP contribution in [0.25, 0.3) is 10.8 Å². The Kier molecular flexibility index (Phi) is 7.41. The monoisotopic (exact) mass is 447 g/mol. The van der Waals surface area contributed by atoms with Crippen LogP contribution in [0.1, 0.15) is 42.5 Å². The Balaban J connectivity index is 1.61. The van der Waals surface area contributed by atoms with Crippen LogP contribution in [0.5, 0.6) is 5.75 Å². The molecular weight excluding hydrogens is 421 g/mol. The van der Waals surface area contributed by atoms with Crippen molar-refractivity contribution in [1.29, 1.82) is 0 Å². The maximum atomic E-state index is 13.4. The van der Waals surface area contributed by atoms with Gasteiger partial charge in [-0.25, -0.2) is 4.39 Å². The van der Waals surface area contributed by atoms with Gasteiger partial charge in [0.1, 0.15) is 18.2 Å². The van der Waals surface area contributed by atoms with Gasteiger partial charge in [0.05, 0.1) is 5.02 Å². The average molecular weight is 448 g/mol. The minimum absolute atomic E-state index is 0.263. The fourth-order valence-corrected chi connectivity index (χ4v) is 4.24. The lowest BCUT2D eigenvalue weighted by atomic mass is 10.00. The molecule has 0 bridgehead atoms. The van der Waals surface area contributed by atoms with Gasteiger partial charge in [0.2, 0.25) is 0 Å². The number of halogens is 2. The molecular formula is C28H27ClFNO. The number of rotatable bonds is 9. The predicted molar refractivity (Wildman–Crippen MR) is 131 cm³/mol. The molecule has 1 atom stereocenters. The minimum atomic E-state index is -0.350. The van der Waals surface area contributed by atoms with Crippen LogP contribution in [-0.4, -0.2) is 0 Å². The number of fused-ring (bicyclic) bond motifs is 1. The van der Waals surface area contributed by atoms with Crippen molar-refractivity contribution < 1.29 is 9.13 Å². The normalized spacial score (nSPS) is 12.1. The molecule has 4 aromatic rings. The second kappa shape index (κ2) is 10.6. The number of benzene rings is 4. The third kappa shape index (κ3) is 5.29. The highest BCUT2D eigenvalue weighted by Gasteiger charge is 2.14. The standard InChI is InChI=1S/C28H27ClFNO/c1-2-8-27(21-10-4-3-5-11-21)31-18-25-24-12-7-6-9-20(24)14-16-28(25)32-19-22-13-15-23(30)17-26(22)29/h3-7,9-17,27,31H,2,8,18-19H2,1H3. The van der Waals surface area contributed by atoms with Gasteiger partial charge in [0.25, 0.3) is 0 Å². The molecule has 0 aliphatic carbocycles. The van der Waals surface area contributed by atoms with Crippen LogP contribution >= 0.6 is 11.6 Å². The van der Waals surface area contributed by atoms with Crippen LogP contribution in [0.15, 0.2) is 84.9 Å². The fourth-order valence-electron chi connectivity index (χ4n) is 4.01. The van der Waals surface area contributed by atoms with Gasteiger partial charge in [0.15, 0.2) is 0 Å². The summed E-state index contributed by atoms with van der Waals surface area (Å²) in [6, 6.07) is 27.6. The van der Waals surface area contributed by atoms with Crippen LogP contribution in [0.2, 0.25) is 5.02 Å². The zero-order valence-electron chi connectivity index (χ0n) is 18.2. The highest BCUT2D eigenvalue weighted by atomic mass is 35.5. The van der Waals surface area contributed by atoms with Crippen molar-refractivity contribution in [2.24, 2.45) is 0 Å². The number of hydrogen-bond donors (Lipinski definition) is 1. The van der Waals surface area contributed by atoms with Gasteiger partial charge in [-0.05, 0) is 41.0 Å². The summed E-state index contributed by atoms with van der Waals surface area (Å²) in [5.74, 6) is 0.456. The molecule has 0 fully saturated rings. The highest BCUT2D eigenvalue weighted by molar-refractivity contribution is 6.31. The zero-order chi connectivity index (χ0) is 22.3. The molecule has 4 aromatic carbocycles. The van der Waals surface area contributed by atoms with Gasteiger partial charge in [-0.3, -0.25) is 0 Å². The van der Waals surface area contributed by atoms with E-state index in [1.165, 1.54) is 23.1 Å². The molecule has 0 aromatic heterocycles. The zero-order valence-corrected chi connectivity index (χ0v) is 18.9. The maximum absolute atomic E-state index is 13.4. The lowest BCUT2D eigenvalue weighted by Crippen LogP contribution is -2.21. The maximum Gasteiger partial charge on any atom is 0.124 e. The van der Waals surface area contributed by atoms with Gasteiger partial charge >= 0.3 is 0 Å². The van der Waals surface area contributed by atoms with Gasteiger partial charge in [-0.2, -0.15) is 0 Å². The van der Waals surface area contributed by atoms with Crippen molar-refractivity contribution in [1.82, 2.24) is 5.32 Å². The van der Waals surface area contributed by atoms with E-state index in [-0.39, 0.29) is 18.5 Å². The van der Waals surface area contributed by atoms with Crippen molar-refractivity contribution in [3.05, 3.63) is 112 Å². The van der Waals surface area contributed by atoms with Crippen LogP contribution in [0.4, 0.5) is 4.39 Å². The third-order valence-electron chi connectivity index (χ3n) is 5.70. The molecule has 2 nitrogen and oxygen atoms in total. The van der Waals surface area contributed by atoms with E-state index >= 15 is 0 Å². The Morgan fingerprint density at radius 2 is 1.72 bits per heavy atom. The molecule has 4 rings (SSSR count). The minimum Gasteiger partial charge on any atom is -0.488 e. The van der Waals surface area contributed by atoms with Gasteiger partial charge in [-0.15, -0.1) is 0 Å².